The van der Waals surface area contributed by atoms with E-state index in [9.17, 15) is 4.79 Å². The van der Waals surface area contributed by atoms with Gasteiger partial charge in [0, 0.05) is 43.8 Å². The fourth-order valence-electron chi connectivity index (χ4n) is 3.59. The Hall–Kier alpha value is -1.96. The van der Waals surface area contributed by atoms with Gasteiger partial charge in [-0.15, -0.1) is 0 Å². The number of ether oxygens (including phenoxy) is 1. The maximum Gasteiger partial charge on any atom is 0.253 e. The van der Waals surface area contributed by atoms with Gasteiger partial charge in [-0.3, -0.25) is 9.69 Å². The second-order valence-electron chi connectivity index (χ2n) is 8.35. The van der Waals surface area contributed by atoms with Gasteiger partial charge in [0.05, 0.1) is 19.8 Å². The standard InChI is InChI=1S/C23H34N4O2S/c1-4-18-5-6-21-19(13-18)14-20(22(28)25-21)16-27(23(30)24-15-17(2)3)8-7-26-9-11-29-12-10-26/h5-6,13-14,17H,4,7-12,15-16H2,1-3H3,(H,24,30)(H,25,28). The lowest BCUT2D eigenvalue weighted by Gasteiger charge is -2.31. The third-order valence-electron chi connectivity index (χ3n) is 5.49. The highest BCUT2D eigenvalue weighted by molar-refractivity contribution is 7.80. The number of H-pyrrole nitrogens is 1. The first kappa shape index (κ1) is 22.7. The molecule has 0 saturated carbocycles. The molecule has 2 aromatic rings. The number of benzene rings is 1. The molecule has 6 nitrogen and oxygen atoms in total. The molecule has 1 fully saturated rings. The summed E-state index contributed by atoms with van der Waals surface area (Å²) in [7, 11) is 0. The van der Waals surface area contributed by atoms with Crippen LogP contribution < -0.4 is 10.9 Å². The highest BCUT2D eigenvalue weighted by Crippen LogP contribution is 2.15. The molecule has 30 heavy (non-hydrogen) atoms. The van der Waals surface area contributed by atoms with Crippen LogP contribution in [0.25, 0.3) is 10.9 Å². The smallest absolute Gasteiger partial charge is 0.253 e. The number of hydrogen-bond donors (Lipinski definition) is 2. The molecule has 0 spiro atoms. The Bertz CT molecular complexity index is 906. The van der Waals surface area contributed by atoms with Gasteiger partial charge in [0.1, 0.15) is 0 Å². The van der Waals surface area contributed by atoms with Crippen LogP contribution in [0.15, 0.2) is 29.1 Å². The van der Waals surface area contributed by atoms with Gasteiger partial charge in [-0.2, -0.15) is 0 Å². The number of hydrogen-bond acceptors (Lipinski definition) is 4. The zero-order valence-corrected chi connectivity index (χ0v) is 19.2. The molecule has 2 N–H and O–H groups in total. The Morgan fingerprint density at radius 2 is 2.07 bits per heavy atom. The molecule has 7 heteroatoms. The second kappa shape index (κ2) is 10.9. The van der Waals surface area contributed by atoms with Crippen LogP contribution in [0.4, 0.5) is 0 Å². The predicted octanol–water partition coefficient (Wildman–Crippen LogP) is 2.76. The van der Waals surface area contributed by atoms with Gasteiger partial charge in [0.25, 0.3) is 5.56 Å². The van der Waals surface area contributed by atoms with Crippen LogP contribution in [-0.4, -0.2) is 65.8 Å². The number of morpholine rings is 1. The minimum absolute atomic E-state index is 0.0465. The Labute approximate surface area is 184 Å². The number of aryl methyl sites for hydroxylation is 1. The van der Waals surface area contributed by atoms with Crippen molar-refractivity contribution in [1.82, 2.24) is 20.1 Å². The van der Waals surface area contributed by atoms with Crippen molar-refractivity contribution in [2.75, 3.05) is 45.9 Å². The molecule has 1 saturated heterocycles. The molecule has 1 aliphatic heterocycles. The Morgan fingerprint density at radius 1 is 1.30 bits per heavy atom. The molecule has 1 aromatic heterocycles. The van der Waals surface area contributed by atoms with Gasteiger partial charge in [-0.1, -0.05) is 26.8 Å². The van der Waals surface area contributed by atoms with E-state index in [1.165, 1.54) is 5.56 Å². The second-order valence-corrected chi connectivity index (χ2v) is 8.74. The molecule has 0 bridgehead atoms. The third kappa shape index (κ3) is 6.27. The average molecular weight is 431 g/mol. The number of rotatable bonds is 8. The Kier molecular flexibility index (Phi) is 8.24. The quantitative estimate of drug-likeness (QED) is 0.628. The van der Waals surface area contributed by atoms with E-state index in [1.807, 2.05) is 12.1 Å². The normalized spacial score (nSPS) is 14.9. The number of aromatic amines is 1. The van der Waals surface area contributed by atoms with E-state index in [2.05, 4.69) is 53.0 Å². The van der Waals surface area contributed by atoms with Crippen LogP contribution in [0, 0.1) is 5.92 Å². The fraction of sp³-hybridized carbons (Fsp3) is 0.565. The van der Waals surface area contributed by atoms with E-state index in [0.29, 0.717) is 17.6 Å². The fourth-order valence-corrected chi connectivity index (χ4v) is 3.83. The SMILES string of the molecule is CCc1ccc2[nH]c(=O)c(CN(CCN3CCOCC3)C(=S)NCC(C)C)cc2c1. The lowest BCUT2D eigenvalue weighted by Crippen LogP contribution is -2.46. The number of thiocarbonyl (C=S) groups is 1. The van der Waals surface area contributed by atoms with Crippen molar-refractivity contribution in [3.05, 3.63) is 45.7 Å². The first-order valence-electron chi connectivity index (χ1n) is 10.9. The van der Waals surface area contributed by atoms with Crippen LogP contribution in [-0.2, 0) is 17.7 Å². The number of nitrogens with zero attached hydrogens (tertiary/aromatic N) is 2. The lowest BCUT2D eigenvalue weighted by atomic mass is 10.1. The van der Waals surface area contributed by atoms with Gasteiger partial charge >= 0.3 is 0 Å². The van der Waals surface area contributed by atoms with Crippen LogP contribution in [0.5, 0.6) is 0 Å². The van der Waals surface area contributed by atoms with Gasteiger partial charge < -0.3 is 19.9 Å². The van der Waals surface area contributed by atoms with Gasteiger partial charge in [-0.05, 0) is 53.7 Å². The molecular weight excluding hydrogens is 396 g/mol. The molecule has 0 atom stereocenters. The number of fused-ring (bicyclic) bond motifs is 1. The van der Waals surface area contributed by atoms with Crippen LogP contribution in [0.1, 0.15) is 31.9 Å². The number of nitrogens with one attached hydrogen (secondary N) is 2. The molecule has 1 aliphatic rings. The van der Waals surface area contributed by atoms with Crippen LogP contribution >= 0.6 is 12.2 Å². The minimum Gasteiger partial charge on any atom is -0.379 e. The Balaban J connectivity index is 1.78. The van der Waals surface area contributed by atoms with Crippen molar-refractivity contribution in [3.63, 3.8) is 0 Å². The van der Waals surface area contributed by atoms with Crippen molar-refractivity contribution in [1.29, 1.82) is 0 Å². The van der Waals surface area contributed by atoms with E-state index in [1.54, 1.807) is 0 Å². The van der Waals surface area contributed by atoms with Gasteiger partial charge in [0.2, 0.25) is 0 Å². The molecule has 0 unspecified atom stereocenters. The highest BCUT2D eigenvalue weighted by Gasteiger charge is 2.17. The topological polar surface area (TPSA) is 60.6 Å². The summed E-state index contributed by atoms with van der Waals surface area (Å²) in [6.07, 6.45) is 0.972. The highest BCUT2D eigenvalue weighted by atomic mass is 32.1. The Morgan fingerprint density at radius 3 is 2.77 bits per heavy atom. The first-order chi connectivity index (χ1) is 14.5. The summed E-state index contributed by atoms with van der Waals surface area (Å²) >= 11 is 5.70. The van der Waals surface area contributed by atoms with E-state index < -0.39 is 0 Å². The largest absolute Gasteiger partial charge is 0.379 e. The maximum absolute atomic E-state index is 12.7. The van der Waals surface area contributed by atoms with Gasteiger partial charge in [-0.25, -0.2) is 0 Å². The molecule has 1 aromatic carbocycles. The third-order valence-corrected chi connectivity index (χ3v) is 5.90. The van der Waals surface area contributed by atoms with Crippen molar-refractivity contribution < 1.29 is 4.74 Å². The summed E-state index contributed by atoms with van der Waals surface area (Å²) in [4.78, 5) is 20.3. The summed E-state index contributed by atoms with van der Waals surface area (Å²) in [5, 5.41) is 5.14. The molecule has 0 aliphatic carbocycles. The number of aromatic nitrogens is 1. The van der Waals surface area contributed by atoms with Crippen LogP contribution in [0.3, 0.4) is 0 Å². The average Bonchev–Trinajstić information content (AvgIpc) is 2.75. The van der Waals surface area contributed by atoms with E-state index in [0.717, 1.165) is 68.8 Å². The van der Waals surface area contributed by atoms with E-state index >= 15 is 0 Å². The summed E-state index contributed by atoms with van der Waals surface area (Å²) < 4.78 is 5.45. The summed E-state index contributed by atoms with van der Waals surface area (Å²) in [5.74, 6) is 0.501. The predicted molar refractivity (Wildman–Crippen MR) is 127 cm³/mol. The zero-order chi connectivity index (χ0) is 21.5. The van der Waals surface area contributed by atoms with Crippen molar-refractivity contribution in [2.24, 2.45) is 5.92 Å². The lowest BCUT2D eigenvalue weighted by molar-refractivity contribution is 0.0357. The van der Waals surface area contributed by atoms with Crippen molar-refractivity contribution in [2.45, 2.75) is 33.7 Å². The van der Waals surface area contributed by atoms with Crippen molar-refractivity contribution in [3.8, 4) is 0 Å². The monoisotopic (exact) mass is 430 g/mol. The molecule has 0 amide bonds. The molecule has 3 rings (SSSR count). The summed E-state index contributed by atoms with van der Waals surface area (Å²) in [5.41, 5.74) is 2.83. The summed E-state index contributed by atoms with van der Waals surface area (Å²) in [6, 6.07) is 8.23. The zero-order valence-electron chi connectivity index (χ0n) is 18.4. The molecule has 0 radical (unpaired) electrons. The molecule has 2 heterocycles. The first-order valence-corrected chi connectivity index (χ1v) is 11.3. The number of pyridine rings is 1. The van der Waals surface area contributed by atoms with Gasteiger partial charge in [0.15, 0.2) is 5.11 Å². The van der Waals surface area contributed by atoms with E-state index in [-0.39, 0.29) is 5.56 Å². The maximum atomic E-state index is 12.7. The van der Waals surface area contributed by atoms with Crippen LogP contribution in [0.2, 0.25) is 0 Å². The summed E-state index contributed by atoms with van der Waals surface area (Å²) in [6.45, 7) is 12.9. The van der Waals surface area contributed by atoms with E-state index in [4.69, 9.17) is 17.0 Å². The minimum atomic E-state index is -0.0465. The molecule has 164 valence electrons. The van der Waals surface area contributed by atoms with Crippen molar-refractivity contribution >= 4 is 28.2 Å². The molecular formula is C23H34N4O2S.